The first-order valence-corrected chi connectivity index (χ1v) is 4.36. The molecule has 0 bridgehead atoms. The van der Waals surface area contributed by atoms with Crippen molar-refractivity contribution in [3.05, 3.63) is 34.9 Å². The lowest BCUT2D eigenvalue weighted by Gasteiger charge is -1.91. The van der Waals surface area contributed by atoms with E-state index < -0.39 is 0 Å². The van der Waals surface area contributed by atoms with Crippen molar-refractivity contribution >= 4 is 31.9 Å². The second-order valence-electron chi connectivity index (χ2n) is 1.74. The molecular weight excluding hydrogens is 244 g/mol. The molecule has 0 radical (unpaired) electrons. The smallest absolute Gasteiger partial charge is 0.0522 e. The van der Waals surface area contributed by atoms with Crippen molar-refractivity contribution in [2.24, 2.45) is 0 Å². The topological polar surface area (TPSA) is 0 Å². The molecule has 1 atom stereocenters. The summed E-state index contributed by atoms with van der Waals surface area (Å²) in [6.45, 7) is 0. The molecule has 0 saturated carbocycles. The average molecular weight is 250 g/mol. The van der Waals surface area contributed by atoms with E-state index in [2.05, 4.69) is 44.0 Å². The van der Waals surface area contributed by atoms with Crippen molar-refractivity contribution in [1.29, 1.82) is 0 Å². The lowest BCUT2D eigenvalue weighted by molar-refractivity contribution is 1.46. The van der Waals surface area contributed by atoms with Crippen molar-refractivity contribution in [1.82, 2.24) is 0 Å². The van der Waals surface area contributed by atoms with Gasteiger partial charge in [0.2, 0.25) is 0 Å². The van der Waals surface area contributed by atoms with Gasteiger partial charge in [-0.05, 0) is 6.08 Å². The molecule has 2 heteroatoms. The molecule has 0 spiro atoms. The van der Waals surface area contributed by atoms with Gasteiger partial charge < -0.3 is 0 Å². The predicted molar refractivity (Wildman–Crippen MR) is 48.0 cm³/mol. The zero-order valence-electron chi connectivity index (χ0n) is 4.72. The van der Waals surface area contributed by atoms with Crippen LogP contribution in [0.2, 0.25) is 0 Å². The van der Waals surface area contributed by atoms with Crippen LogP contribution in [0, 0.1) is 0 Å². The SMILES string of the molecule is BrC1=CC(Br)C=CC=C1. The maximum Gasteiger partial charge on any atom is 0.0522 e. The highest BCUT2D eigenvalue weighted by Gasteiger charge is 1.95. The number of rotatable bonds is 0. The van der Waals surface area contributed by atoms with Gasteiger partial charge in [-0.15, -0.1) is 0 Å². The van der Waals surface area contributed by atoms with Crippen LogP contribution in [-0.4, -0.2) is 4.83 Å². The Morgan fingerprint density at radius 2 is 2.11 bits per heavy atom. The zero-order chi connectivity index (χ0) is 6.69. The third kappa shape index (κ3) is 2.50. The number of halogens is 2. The van der Waals surface area contributed by atoms with Crippen LogP contribution in [0.25, 0.3) is 0 Å². The third-order valence-corrected chi connectivity index (χ3v) is 2.08. The lowest BCUT2D eigenvalue weighted by Crippen LogP contribution is -1.82. The summed E-state index contributed by atoms with van der Waals surface area (Å²) < 4.78 is 1.12. The summed E-state index contributed by atoms with van der Waals surface area (Å²) in [6.07, 6.45) is 10.2. The molecule has 1 unspecified atom stereocenters. The molecular formula is C7H6Br2. The molecule has 0 aliphatic heterocycles. The first-order valence-electron chi connectivity index (χ1n) is 2.65. The van der Waals surface area contributed by atoms with Crippen LogP contribution in [0.15, 0.2) is 34.9 Å². The first kappa shape index (κ1) is 7.29. The van der Waals surface area contributed by atoms with E-state index in [-0.39, 0.29) is 0 Å². The Morgan fingerprint density at radius 3 is 2.89 bits per heavy atom. The first-order chi connectivity index (χ1) is 4.29. The molecule has 0 fully saturated rings. The number of hydrogen-bond acceptors (Lipinski definition) is 0. The quantitative estimate of drug-likeness (QED) is 0.579. The summed E-state index contributed by atoms with van der Waals surface area (Å²) in [5, 5.41) is 0. The number of hydrogen-bond donors (Lipinski definition) is 0. The second kappa shape index (κ2) is 3.37. The Morgan fingerprint density at radius 1 is 1.33 bits per heavy atom. The van der Waals surface area contributed by atoms with E-state index in [9.17, 15) is 0 Å². The fourth-order valence-electron chi connectivity index (χ4n) is 0.581. The van der Waals surface area contributed by atoms with Gasteiger partial charge in [0, 0.05) is 4.48 Å². The van der Waals surface area contributed by atoms with Gasteiger partial charge >= 0.3 is 0 Å². The van der Waals surface area contributed by atoms with Crippen LogP contribution < -0.4 is 0 Å². The van der Waals surface area contributed by atoms with Crippen LogP contribution in [0.5, 0.6) is 0 Å². The average Bonchev–Trinajstić information content (AvgIpc) is 1.93. The summed E-state index contributed by atoms with van der Waals surface area (Å²) in [4.78, 5) is 0.363. The van der Waals surface area contributed by atoms with E-state index in [1.54, 1.807) is 0 Å². The van der Waals surface area contributed by atoms with E-state index in [0.29, 0.717) is 4.83 Å². The molecule has 1 rings (SSSR count). The Kier molecular flexibility index (Phi) is 2.73. The summed E-state index contributed by atoms with van der Waals surface area (Å²) in [5.74, 6) is 0. The summed E-state index contributed by atoms with van der Waals surface area (Å²) in [5.41, 5.74) is 0. The van der Waals surface area contributed by atoms with Crippen molar-refractivity contribution in [2.75, 3.05) is 0 Å². The Balaban J connectivity index is 2.77. The van der Waals surface area contributed by atoms with Crippen LogP contribution in [0.3, 0.4) is 0 Å². The van der Waals surface area contributed by atoms with Gasteiger partial charge in [-0.3, -0.25) is 0 Å². The zero-order valence-corrected chi connectivity index (χ0v) is 7.89. The van der Waals surface area contributed by atoms with Gasteiger partial charge in [0.15, 0.2) is 0 Å². The molecule has 1 aliphatic carbocycles. The molecule has 9 heavy (non-hydrogen) atoms. The molecule has 0 N–H and O–H groups in total. The maximum atomic E-state index is 3.45. The minimum atomic E-state index is 0.363. The fraction of sp³-hybridized carbons (Fsp3) is 0.143. The van der Waals surface area contributed by atoms with Gasteiger partial charge in [0.05, 0.1) is 4.83 Å². The van der Waals surface area contributed by atoms with Crippen LogP contribution >= 0.6 is 31.9 Å². The van der Waals surface area contributed by atoms with Gasteiger partial charge in [-0.25, -0.2) is 0 Å². The lowest BCUT2D eigenvalue weighted by atomic mass is 10.4. The van der Waals surface area contributed by atoms with E-state index in [1.807, 2.05) is 18.2 Å². The Bertz CT molecular complexity index is 177. The minimum Gasteiger partial charge on any atom is -0.0799 e. The fourth-order valence-corrected chi connectivity index (χ4v) is 1.83. The molecule has 0 nitrogen and oxygen atoms in total. The monoisotopic (exact) mass is 248 g/mol. The van der Waals surface area contributed by atoms with Crippen molar-refractivity contribution in [3.63, 3.8) is 0 Å². The highest BCUT2D eigenvalue weighted by Crippen LogP contribution is 2.15. The van der Waals surface area contributed by atoms with Crippen molar-refractivity contribution in [3.8, 4) is 0 Å². The highest BCUT2D eigenvalue weighted by atomic mass is 79.9. The molecule has 0 aromatic rings. The van der Waals surface area contributed by atoms with Gasteiger partial charge in [-0.1, -0.05) is 56.2 Å². The standard InChI is InChI=1S/C7H6Br2/c8-6-3-1-2-4-7(9)5-6/h1-6H. The van der Waals surface area contributed by atoms with E-state index in [1.165, 1.54) is 0 Å². The van der Waals surface area contributed by atoms with E-state index in [4.69, 9.17) is 0 Å². The summed E-state index contributed by atoms with van der Waals surface area (Å²) >= 11 is 6.83. The van der Waals surface area contributed by atoms with Crippen LogP contribution in [0.4, 0.5) is 0 Å². The van der Waals surface area contributed by atoms with E-state index >= 15 is 0 Å². The molecule has 0 amide bonds. The van der Waals surface area contributed by atoms with Gasteiger partial charge in [-0.2, -0.15) is 0 Å². The van der Waals surface area contributed by atoms with Gasteiger partial charge in [0.1, 0.15) is 0 Å². The van der Waals surface area contributed by atoms with Crippen LogP contribution in [-0.2, 0) is 0 Å². The van der Waals surface area contributed by atoms with Crippen molar-refractivity contribution in [2.45, 2.75) is 4.83 Å². The summed E-state index contributed by atoms with van der Waals surface area (Å²) in [6, 6.07) is 0. The van der Waals surface area contributed by atoms with Crippen LogP contribution in [0.1, 0.15) is 0 Å². The normalized spacial score (nSPS) is 25.6. The van der Waals surface area contributed by atoms with E-state index in [0.717, 1.165) is 4.48 Å². The maximum absolute atomic E-state index is 3.45. The highest BCUT2D eigenvalue weighted by molar-refractivity contribution is 9.12. The minimum absolute atomic E-state index is 0.363. The molecule has 48 valence electrons. The predicted octanol–water partition coefficient (Wildman–Crippen LogP) is 3.15. The summed E-state index contributed by atoms with van der Waals surface area (Å²) in [7, 11) is 0. The number of allylic oxidation sites excluding steroid dienone is 6. The molecule has 0 aromatic heterocycles. The second-order valence-corrected chi connectivity index (χ2v) is 3.71. The molecule has 0 heterocycles. The molecule has 0 saturated heterocycles. The van der Waals surface area contributed by atoms with Gasteiger partial charge in [0.25, 0.3) is 0 Å². The molecule has 0 aromatic carbocycles. The Hall–Kier alpha value is 0.180. The Labute approximate surface area is 71.6 Å². The third-order valence-electron chi connectivity index (χ3n) is 0.980. The largest absolute Gasteiger partial charge is 0.0799 e. The van der Waals surface area contributed by atoms with Crippen molar-refractivity contribution < 1.29 is 0 Å². The molecule has 1 aliphatic rings. The number of alkyl halides is 1.